The Morgan fingerprint density at radius 3 is 2.00 bits per heavy atom. The fraction of sp³-hybridized carbons (Fsp3) is 0.619. The molecule has 2 fully saturated rings. The standard InChI is InChI=1S/C21H28N2O4/c1-13-8-10-26-18(13)20(24)22-12-15(3)23(17-7-5-4-6-16(17)22)21(25)19-14(2)9-11-27-19/h4-7,13-15,18-19H,8-12H2,1-3H3/t13-,14+,15?,18+,19-/m1/s1. The summed E-state index contributed by atoms with van der Waals surface area (Å²) in [5, 5.41) is 0. The average Bonchev–Trinajstić information content (AvgIpc) is 3.28. The minimum absolute atomic E-state index is 0.00228. The van der Waals surface area contributed by atoms with Crippen molar-refractivity contribution in [1.29, 1.82) is 0 Å². The molecule has 0 N–H and O–H groups in total. The Hall–Kier alpha value is -1.92. The third-order valence-corrected chi connectivity index (χ3v) is 6.08. The molecule has 1 aromatic carbocycles. The molecule has 146 valence electrons. The molecule has 0 aliphatic carbocycles. The summed E-state index contributed by atoms with van der Waals surface area (Å²) in [6.07, 6.45) is 1.01. The highest BCUT2D eigenvalue weighted by Gasteiger charge is 2.43. The topological polar surface area (TPSA) is 59.1 Å². The Morgan fingerprint density at radius 2 is 1.44 bits per heavy atom. The van der Waals surface area contributed by atoms with Gasteiger partial charge in [0, 0.05) is 19.8 Å². The molecule has 3 heterocycles. The highest BCUT2D eigenvalue weighted by Crippen LogP contribution is 2.38. The number of hydrogen-bond acceptors (Lipinski definition) is 4. The fourth-order valence-corrected chi connectivity index (χ4v) is 4.44. The lowest BCUT2D eigenvalue weighted by atomic mass is 9.98. The van der Waals surface area contributed by atoms with Crippen LogP contribution in [0.5, 0.6) is 0 Å². The van der Waals surface area contributed by atoms with Crippen molar-refractivity contribution in [3.05, 3.63) is 24.3 Å². The van der Waals surface area contributed by atoms with Gasteiger partial charge < -0.3 is 19.3 Å². The van der Waals surface area contributed by atoms with Gasteiger partial charge in [-0.2, -0.15) is 0 Å². The van der Waals surface area contributed by atoms with Crippen LogP contribution >= 0.6 is 0 Å². The van der Waals surface area contributed by atoms with E-state index in [2.05, 4.69) is 13.8 Å². The van der Waals surface area contributed by atoms with Gasteiger partial charge >= 0.3 is 0 Å². The molecule has 0 bridgehead atoms. The third kappa shape index (κ3) is 3.15. The summed E-state index contributed by atoms with van der Waals surface area (Å²) in [6, 6.07) is 7.53. The monoisotopic (exact) mass is 372 g/mol. The number of rotatable bonds is 2. The van der Waals surface area contributed by atoms with Crippen molar-refractivity contribution in [3.63, 3.8) is 0 Å². The van der Waals surface area contributed by atoms with Gasteiger partial charge in [-0.15, -0.1) is 0 Å². The van der Waals surface area contributed by atoms with Crippen molar-refractivity contribution in [2.45, 2.75) is 51.9 Å². The van der Waals surface area contributed by atoms with E-state index in [1.165, 1.54) is 0 Å². The van der Waals surface area contributed by atoms with E-state index in [1.54, 1.807) is 4.90 Å². The van der Waals surface area contributed by atoms with E-state index in [9.17, 15) is 9.59 Å². The molecule has 0 aromatic heterocycles. The highest BCUT2D eigenvalue weighted by atomic mass is 16.5. The average molecular weight is 372 g/mol. The molecular weight excluding hydrogens is 344 g/mol. The number of anilines is 2. The summed E-state index contributed by atoms with van der Waals surface area (Å²) in [5.41, 5.74) is 1.56. The van der Waals surface area contributed by atoms with Crippen LogP contribution in [0.15, 0.2) is 24.3 Å². The number of nitrogens with zero attached hydrogens (tertiary/aromatic N) is 2. The molecule has 27 heavy (non-hydrogen) atoms. The normalized spacial score (nSPS) is 33.2. The maximum Gasteiger partial charge on any atom is 0.256 e. The quantitative estimate of drug-likeness (QED) is 0.801. The molecule has 6 nitrogen and oxygen atoms in total. The molecule has 1 unspecified atom stereocenters. The number of carbonyl (C=O) groups excluding carboxylic acids is 2. The summed E-state index contributed by atoms with van der Waals surface area (Å²) >= 11 is 0. The largest absolute Gasteiger partial charge is 0.368 e. The number of fused-ring (bicyclic) bond motifs is 1. The van der Waals surface area contributed by atoms with Crippen LogP contribution in [0.4, 0.5) is 11.4 Å². The molecule has 6 heteroatoms. The van der Waals surface area contributed by atoms with Crippen LogP contribution in [-0.4, -0.2) is 49.8 Å². The fourth-order valence-electron chi connectivity index (χ4n) is 4.44. The number of benzene rings is 1. The second-order valence-corrected chi connectivity index (χ2v) is 8.11. The lowest BCUT2D eigenvalue weighted by Crippen LogP contribution is -2.56. The molecule has 2 amide bonds. The summed E-state index contributed by atoms with van der Waals surface area (Å²) in [5.74, 6) is 0.422. The number of ether oxygens (including phenoxy) is 2. The first-order valence-corrected chi connectivity index (χ1v) is 9.95. The van der Waals surface area contributed by atoms with Gasteiger partial charge in [0.15, 0.2) is 0 Å². The minimum atomic E-state index is -0.402. The molecule has 3 aliphatic rings. The second kappa shape index (κ2) is 7.24. The van der Waals surface area contributed by atoms with Gasteiger partial charge in [-0.25, -0.2) is 0 Å². The summed E-state index contributed by atoms with van der Waals surface area (Å²) < 4.78 is 11.4. The maximum atomic E-state index is 13.2. The Bertz CT molecular complexity index is 737. The van der Waals surface area contributed by atoms with Crippen LogP contribution in [0.3, 0.4) is 0 Å². The Kier molecular flexibility index (Phi) is 4.95. The molecule has 0 spiro atoms. The zero-order chi connectivity index (χ0) is 19.1. The van der Waals surface area contributed by atoms with E-state index in [0.29, 0.717) is 19.8 Å². The molecule has 3 aliphatic heterocycles. The smallest absolute Gasteiger partial charge is 0.256 e. The number of hydrogen-bond donors (Lipinski definition) is 0. The van der Waals surface area contributed by atoms with Crippen molar-refractivity contribution in [3.8, 4) is 0 Å². The van der Waals surface area contributed by atoms with E-state index in [-0.39, 0.29) is 29.7 Å². The molecule has 4 rings (SSSR count). The number of para-hydroxylation sites is 2. The lowest BCUT2D eigenvalue weighted by Gasteiger charge is -2.43. The highest BCUT2D eigenvalue weighted by molar-refractivity contribution is 6.07. The number of carbonyl (C=O) groups is 2. The van der Waals surface area contributed by atoms with E-state index in [4.69, 9.17) is 9.47 Å². The van der Waals surface area contributed by atoms with Crippen LogP contribution in [0.1, 0.15) is 33.6 Å². The van der Waals surface area contributed by atoms with E-state index in [1.807, 2.05) is 36.1 Å². The zero-order valence-electron chi connectivity index (χ0n) is 16.3. The SMILES string of the molecule is CC1CN(C(=O)[C@H]2OCC[C@H]2C)c2ccccc2N1C(=O)[C@@H]1OCC[C@@H]1C. The predicted molar refractivity (Wildman–Crippen MR) is 103 cm³/mol. The molecular formula is C21H28N2O4. The summed E-state index contributed by atoms with van der Waals surface area (Å²) in [4.78, 5) is 30.0. The molecule has 2 saturated heterocycles. The molecule has 1 aromatic rings. The minimum Gasteiger partial charge on any atom is -0.368 e. The van der Waals surface area contributed by atoms with Crippen LogP contribution < -0.4 is 9.80 Å². The van der Waals surface area contributed by atoms with E-state index >= 15 is 0 Å². The molecule has 0 saturated carbocycles. The molecule has 0 radical (unpaired) electrons. The zero-order valence-corrected chi connectivity index (χ0v) is 16.3. The van der Waals surface area contributed by atoms with Gasteiger partial charge in [0.2, 0.25) is 0 Å². The van der Waals surface area contributed by atoms with Crippen LogP contribution in [0.2, 0.25) is 0 Å². The first-order valence-electron chi connectivity index (χ1n) is 9.95. The molecule has 5 atom stereocenters. The van der Waals surface area contributed by atoms with Crippen LogP contribution in [-0.2, 0) is 19.1 Å². The maximum absolute atomic E-state index is 13.2. The van der Waals surface area contributed by atoms with Gasteiger partial charge in [-0.1, -0.05) is 26.0 Å². The van der Waals surface area contributed by atoms with Crippen molar-refractivity contribution < 1.29 is 19.1 Å². The van der Waals surface area contributed by atoms with E-state index in [0.717, 1.165) is 24.2 Å². The van der Waals surface area contributed by atoms with Gasteiger partial charge in [-0.3, -0.25) is 9.59 Å². The van der Waals surface area contributed by atoms with Crippen LogP contribution in [0, 0.1) is 11.8 Å². The van der Waals surface area contributed by atoms with E-state index < -0.39 is 12.2 Å². The van der Waals surface area contributed by atoms with Gasteiger partial charge in [0.25, 0.3) is 11.8 Å². The van der Waals surface area contributed by atoms with Crippen molar-refractivity contribution in [2.24, 2.45) is 11.8 Å². The van der Waals surface area contributed by atoms with Crippen molar-refractivity contribution in [2.75, 3.05) is 29.6 Å². The van der Waals surface area contributed by atoms with Crippen LogP contribution in [0.25, 0.3) is 0 Å². The lowest BCUT2D eigenvalue weighted by molar-refractivity contribution is -0.131. The first kappa shape index (κ1) is 18.4. The Labute approximate surface area is 160 Å². The summed E-state index contributed by atoms with van der Waals surface area (Å²) in [7, 11) is 0. The number of amides is 2. The first-order chi connectivity index (χ1) is 13.0. The van der Waals surface area contributed by atoms with Crippen molar-refractivity contribution in [1.82, 2.24) is 0 Å². The van der Waals surface area contributed by atoms with Crippen molar-refractivity contribution >= 4 is 23.2 Å². The summed E-state index contributed by atoms with van der Waals surface area (Å²) in [6.45, 7) is 7.84. The van der Waals surface area contributed by atoms with Gasteiger partial charge in [0.05, 0.1) is 17.4 Å². The van der Waals surface area contributed by atoms with Gasteiger partial charge in [-0.05, 0) is 43.7 Å². The predicted octanol–water partition coefficient (Wildman–Crippen LogP) is 2.60. The third-order valence-electron chi connectivity index (χ3n) is 6.08. The Balaban J connectivity index is 1.66. The second-order valence-electron chi connectivity index (χ2n) is 8.11. The van der Waals surface area contributed by atoms with Gasteiger partial charge in [0.1, 0.15) is 12.2 Å². The Morgan fingerprint density at radius 1 is 0.889 bits per heavy atom.